The molecule has 1 aliphatic rings. The second-order valence-electron chi connectivity index (χ2n) is 6.26. The monoisotopic (exact) mass is 353 g/mol. The van der Waals surface area contributed by atoms with Crippen LogP contribution in [0.25, 0.3) is 0 Å². The topological polar surface area (TPSA) is 92.5 Å². The lowest BCUT2D eigenvalue weighted by molar-refractivity contribution is -0.133. The van der Waals surface area contributed by atoms with E-state index in [9.17, 15) is 13.2 Å². The molecule has 0 aliphatic carbocycles. The van der Waals surface area contributed by atoms with Crippen LogP contribution in [0.4, 0.5) is 0 Å². The fourth-order valence-corrected chi connectivity index (χ4v) is 3.64. The Labute approximate surface area is 144 Å². The van der Waals surface area contributed by atoms with Gasteiger partial charge in [-0.3, -0.25) is 4.79 Å². The van der Waals surface area contributed by atoms with Crippen molar-refractivity contribution >= 4 is 15.9 Å². The highest BCUT2D eigenvalue weighted by atomic mass is 32.2. The van der Waals surface area contributed by atoms with Crippen molar-refractivity contribution in [2.45, 2.75) is 50.0 Å². The highest BCUT2D eigenvalue weighted by Gasteiger charge is 2.24. The minimum Gasteiger partial charge on any atom is -0.339 e. The van der Waals surface area contributed by atoms with Crippen molar-refractivity contribution in [1.82, 2.24) is 10.2 Å². The Hall–Kier alpha value is -1.44. The van der Waals surface area contributed by atoms with Gasteiger partial charge in [-0.05, 0) is 56.3 Å². The number of benzene rings is 1. The lowest BCUT2D eigenvalue weighted by atomic mass is 10.00. The minimum absolute atomic E-state index is 0.116. The number of primary sulfonamides is 1. The number of likely N-dealkylation sites (tertiary alicyclic amines) is 1. The first-order chi connectivity index (χ1) is 11.4. The van der Waals surface area contributed by atoms with Crippen molar-refractivity contribution in [2.75, 3.05) is 19.6 Å². The summed E-state index contributed by atoms with van der Waals surface area (Å²) in [4.78, 5) is 14.4. The van der Waals surface area contributed by atoms with Gasteiger partial charge < -0.3 is 10.2 Å². The third kappa shape index (κ3) is 5.29. The standard InChI is InChI=1S/C17H27N3O3S/c1-2-15-5-3-4-12-20(15)17(21)13-19-11-10-14-6-8-16(9-7-14)24(18,22)23/h6-9,15,19H,2-5,10-13H2,1H3,(H2,18,22,23). The van der Waals surface area contributed by atoms with Gasteiger partial charge in [0.2, 0.25) is 15.9 Å². The minimum atomic E-state index is -3.64. The molecule has 7 heteroatoms. The van der Waals surface area contributed by atoms with Gasteiger partial charge in [-0.25, -0.2) is 13.6 Å². The van der Waals surface area contributed by atoms with Crippen molar-refractivity contribution in [3.8, 4) is 0 Å². The second-order valence-corrected chi connectivity index (χ2v) is 7.82. The van der Waals surface area contributed by atoms with E-state index >= 15 is 0 Å². The summed E-state index contributed by atoms with van der Waals surface area (Å²) < 4.78 is 22.4. The van der Waals surface area contributed by atoms with Crippen molar-refractivity contribution in [3.05, 3.63) is 29.8 Å². The van der Waals surface area contributed by atoms with E-state index in [1.165, 1.54) is 18.6 Å². The molecule has 1 unspecified atom stereocenters. The molecular weight excluding hydrogens is 326 g/mol. The van der Waals surface area contributed by atoms with Crippen molar-refractivity contribution < 1.29 is 13.2 Å². The number of hydrogen-bond acceptors (Lipinski definition) is 4. The van der Waals surface area contributed by atoms with Crippen LogP contribution in [0.3, 0.4) is 0 Å². The molecule has 0 aromatic heterocycles. The van der Waals surface area contributed by atoms with Crippen LogP contribution in [0.2, 0.25) is 0 Å². The predicted octanol–water partition coefficient (Wildman–Crippen LogP) is 1.26. The molecule has 0 saturated carbocycles. The van der Waals surface area contributed by atoms with E-state index in [4.69, 9.17) is 5.14 Å². The van der Waals surface area contributed by atoms with E-state index in [0.29, 0.717) is 19.1 Å². The third-order valence-corrected chi connectivity index (χ3v) is 5.47. The number of carbonyl (C=O) groups is 1. The molecule has 1 aromatic carbocycles. The number of amides is 1. The molecule has 134 valence electrons. The summed E-state index contributed by atoms with van der Waals surface area (Å²) in [5.74, 6) is 0.172. The average Bonchev–Trinajstić information content (AvgIpc) is 2.58. The maximum atomic E-state index is 12.3. The van der Waals surface area contributed by atoms with E-state index in [2.05, 4.69) is 12.2 Å². The van der Waals surface area contributed by atoms with Crippen LogP contribution in [0, 0.1) is 0 Å². The normalized spacial score (nSPS) is 18.6. The zero-order valence-electron chi connectivity index (χ0n) is 14.2. The largest absolute Gasteiger partial charge is 0.339 e. The Kier molecular flexibility index (Phi) is 6.77. The molecule has 2 rings (SSSR count). The van der Waals surface area contributed by atoms with Gasteiger partial charge >= 0.3 is 0 Å². The molecule has 1 saturated heterocycles. The first-order valence-corrected chi connectivity index (χ1v) is 10.1. The first-order valence-electron chi connectivity index (χ1n) is 8.53. The molecule has 1 amide bonds. The van der Waals surface area contributed by atoms with Gasteiger partial charge in [0.15, 0.2) is 0 Å². The van der Waals surface area contributed by atoms with Gasteiger partial charge in [0.25, 0.3) is 0 Å². The fraction of sp³-hybridized carbons (Fsp3) is 0.588. The summed E-state index contributed by atoms with van der Waals surface area (Å²) in [5.41, 5.74) is 1.01. The molecule has 1 atom stereocenters. The lowest BCUT2D eigenvalue weighted by Gasteiger charge is -2.35. The molecule has 6 nitrogen and oxygen atoms in total. The fourth-order valence-electron chi connectivity index (χ4n) is 3.13. The zero-order valence-corrected chi connectivity index (χ0v) is 15.0. The Morgan fingerprint density at radius 3 is 2.62 bits per heavy atom. The first kappa shape index (κ1) is 18.9. The zero-order chi connectivity index (χ0) is 17.6. The summed E-state index contributed by atoms with van der Waals surface area (Å²) in [6, 6.07) is 6.91. The highest BCUT2D eigenvalue weighted by Crippen LogP contribution is 2.19. The number of rotatable bonds is 7. The molecule has 0 bridgehead atoms. The molecule has 1 heterocycles. The van der Waals surface area contributed by atoms with E-state index in [1.807, 2.05) is 4.90 Å². The molecule has 0 spiro atoms. The SMILES string of the molecule is CCC1CCCCN1C(=O)CNCCc1ccc(S(N)(=O)=O)cc1. The Morgan fingerprint density at radius 2 is 2.00 bits per heavy atom. The molecule has 1 fully saturated rings. The molecule has 0 radical (unpaired) electrons. The van der Waals surface area contributed by atoms with Gasteiger partial charge in [-0.1, -0.05) is 19.1 Å². The number of sulfonamides is 1. The summed E-state index contributed by atoms with van der Waals surface area (Å²) in [6.45, 7) is 4.03. The van der Waals surface area contributed by atoms with E-state index in [1.54, 1.807) is 12.1 Å². The number of piperidine rings is 1. The maximum absolute atomic E-state index is 12.3. The Bertz CT molecular complexity index is 644. The third-order valence-electron chi connectivity index (χ3n) is 4.54. The van der Waals surface area contributed by atoms with E-state index in [0.717, 1.165) is 37.8 Å². The number of nitrogens with zero attached hydrogens (tertiary/aromatic N) is 1. The molecule has 3 N–H and O–H groups in total. The lowest BCUT2D eigenvalue weighted by Crippen LogP contribution is -2.47. The highest BCUT2D eigenvalue weighted by molar-refractivity contribution is 7.89. The van der Waals surface area contributed by atoms with Crippen LogP contribution < -0.4 is 10.5 Å². The number of nitrogens with one attached hydrogen (secondary N) is 1. The van der Waals surface area contributed by atoms with Crippen molar-refractivity contribution in [3.63, 3.8) is 0 Å². The number of hydrogen-bond donors (Lipinski definition) is 2. The van der Waals surface area contributed by atoms with E-state index in [-0.39, 0.29) is 10.8 Å². The molecular formula is C17H27N3O3S. The van der Waals surface area contributed by atoms with Crippen molar-refractivity contribution in [2.24, 2.45) is 5.14 Å². The van der Waals surface area contributed by atoms with Gasteiger partial charge in [0, 0.05) is 12.6 Å². The second kappa shape index (κ2) is 8.60. The van der Waals surface area contributed by atoms with Crippen LogP contribution in [-0.2, 0) is 21.2 Å². The van der Waals surface area contributed by atoms with Gasteiger partial charge in [-0.2, -0.15) is 0 Å². The van der Waals surface area contributed by atoms with Gasteiger partial charge in [0.1, 0.15) is 0 Å². The summed E-state index contributed by atoms with van der Waals surface area (Å²) in [7, 11) is -3.64. The van der Waals surface area contributed by atoms with Crippen LogP contribution >= 0.6 is 0 Å². The smallest absolute Gasteiger partial charge is 0.238 e. The summed E-state index contributed by atoms with van der Waals surface area (Å²) >= 11 is 0. The Balaban J connectivity index is 1.75. The Morgan fingerprint density at radius 1 is 1.29 bits per heavy atom. The van der Waals surface area contributed by atoms with Crippen LogP contribution in [0.15, 0.2) is 29.2 Å². The average molecular weight is 353 g/mol. The maximum Gasteiger partial charge on any atom is 0.238 e. The van der Waals surface area contributed by atoms with E-state index < -0.39 is 10.0 Å². The number of nitrogens with two attached hydrogens (primary N) is 1. The van der Waals surface area contributed by atoms with Crippen LogP contribution in [0.5, 0.6) is 0 Å². The summed E-state index contributed by atoms with van der Waals surface area (Å²) in [5, 5.41) is 8.26. The molecule has 1 aromatic rings. The van der Waals surface area contributed by atoms with Gasteiger partial charge in [-0.15, -0.1) is 0 Å². The quantitative estimate of drug-likeness (QED) is 0.722. The van der Waals surface area contributed by atoms with Crippen molar-refractivity contribution in [1.29, 1.82) is 0 Å². The molecule has 1 aliphatic heterocycles. The predicted molar refractivity (Wildman–Crippen MR) is 94.0 cm³/mol. The van der Waals surface area contributed by atoms with Crippen LogP contribution in [0.1, 0.15) is 38.2 Å². The number of carbonyl (C=O) groups excluding carboxylic acids is 1. The van der Waals surface area contributed by atoms with Gasteiger partial charge in [0.05, 0.1) is 11.4 Å². The molecule has 24 heavy (non-hydrogen) atoms. The van der Waals surface area contributed by atoms with Crippen LogP contribution in [-0.4, -0.2) is 44.9 Å². The summed E-state index contributed by atoms with van der Waals surface area (Å²) in [6.07, 6.45) is 5.17.